The van der Waals surface area contributed by atoms with Gasteiger partial charge in [-0.3, -0.25) is 10.1 Å². The maximum Gasteiger partial charge on any atom is 0.293 e. The molecule has 1 heterocycles. The third kappa shape index (κ3) is 4.57. The van der Waals surface area contributed by atoms with Crippen molar-refractivity contribution >= 4 is 32.6 Å². The van der Waals surface area contributed by atoms with Gasteiger partial charge in [-0.2, -0.15) is 0 Å². The van der Waals surface area contributed by atoms with E-state index in [1.165, 1.54) is 25.0 Å². The van der Waals surface area contributed by atoms with Crippen LogP contribution in [0.4, 0.5) is 22.7 Å². The van der Waals surface area contributed by atoms with Gasteiger partial charge in [-0.25, -0.2) is 8.42 Å². The summed E-state index contributed by atoms with van der Waals surface area (Å²) in [5.41, 5.74) is 1.83. The molecule has 144 valence electrons. The Morgan fingerprint density at radius 3 is 2.30 bits per heavy atom. The highest BCUT2D eigenvalue weighted by atomic mass is 32.2. The van der Waals surface area contributed by atoms with Crippen LogP contribution in [0, 0.1) is 16.0 Å². The van der Waals surface area contributed by atoms with E-state index in [0.29, 0.717) is 5.69 Å². The Balaban J connectivity index is 1.80. The van der Waals surface area contributed by atoms with Gasteiger partial charge < -0.3 is 10.2 Å². The number of sulfone groups is 1. The molecule has 0 spiro atoms. The van der Waals surface area contributed by atoms with Crippen LogP contribution in [0.25, 0.3) is 0 Å². The van der Waals surface area contributed by atoms with Gasteiger partial charge in [0.1, 0.15) is 5.69 Å². The number of nitrogens with one attached hydrogen (secondary N) is 1. The van der Waals surface area contributed by atoms with Gasteiger partial charge in [0.05, 0.1) is 9.82 Å². The van der Waals surface area contributed by atoms with Crippen molar-refractivity contribution in [2.75, 3.05) is 29.6 Å². The van der Waals surface area contributed by atoms with Crippen LogP contribution < -0.4 is 10.2 Å². The number of nitro benzene ring substituents is 1. The lowest BCUT2D eigenvalue weighted by atomic mass is 9.99. The fraction of sp³-hybridized carbons (Fsp3) is 0.368. The Morgan fingerprint density at radius 1 is 1.11 bits per heavy atom. The number of nitrogens with zero attached hydrogens (tertiary/aromatic N) is 2. The summed E-state index contributed by atoms with van der Waals surface area (Å²) >= 11 is 0. The van der Waals surface area contributed by atoms with Crippen LogP contribution in [0.3, 0.4) is 0 Å². The molecule has 0 aromatic heterocycles. The first-order chi connectivity index (χ1) is 12.7. The molecule has 0 bridgehead atoms. The highest BCUT2D eigenvalue weighted by Gasteiger charge is 2.19. The Morgan fingerprint density at radius 2 is 1.74 bits per heavy atom. The standard InChI is InChI=1S/C19H23N3O4S/c1-14-9-11-21(12-10-14)16-5-3-15(4-6-16)20-18-8-7-17(27(2,25)26)13-19(18)22(23)24/h3-8,13-14,20H,9-12H2,1-2H3. The van der Waals surface area contributed by atoms with E-state index >= 15 is 0 Å². The van der Waals surface area contributed by atoms with Gasteiger partial charge in [-0.15, -0.1) is 0 Å². The van der Waals surface area contributed by atoms with Gasteiger partial charge in [-0.05, 0) is 55.2 Å². The van der Waals surface area contributed by atoms with Crippen LogP contribution in [0.15, 0.2) is 47.4 Å². The molecule has 1 saturated heterocycles. The molecular weight excluding hydrogens is 366 g/mol. The molecule has 27 heavy (non-hydrogen) atoms. The van der Waals surface area contributed by atoms with E-state index in [0.717, 1.165) is 37.0 Å². The van der Waals surface area contributed by atoms with E-state index in [1.807, 2.05) is 24.3 Å². The zero-order valence-electron chi connectivity index (χ0n) is 15.4. The van der Waals surface area contributed by atoms with Crippen LogP contribution in [0.5, 0.6) is 0 Å². The van der Waals surface area contributed by atoms with Crippen LogP contribution in [0.2, 0.25) is 0 Å². The van der Waals surface area contributed by atoms with Crippen molar-refractivity contribution in [2.45, 2.75) is 24.7 Å². The molecule has 1 aliphatic heterocycles. The number of hydrogen-bond acceptors (Lipinski definition) is 6. The third-order valence-corrected chi connectivity index (χ3v) is 6.00. The van der Waals surface area contributed by atoms with Gasteiger partial charge >= 0.3 is 0 Å². The molecule has 1 N–H and O–H groups in total. The maximum absolute atomic E-state index is 11.6. The normalized spacial score (nSPS) is 15.6. The van der Waals surface area contributed by atoms with Crippen molar-refractivity contribution in [1.82, 2.24) is 0 Å². The van der Waals surface area contributed by atoms with Crippen molar-refractivity contribution < 1.29 is 13.3 Å². The second-order valence-electron chi connectivity index (χ2n) is 7.05. The average molecular weight is 389 g/mol. The summed E-state index contributed by atoms with van der Waals surface area (Å²) in [6, 6.07) is 11.6. The van der Waals surface area contributed by atoms with Crippen molar-refractivity contribution in [3.8, 4) is 0 Å². The predicted molar refractivity (Wildman–Crippen MR) is 107 cm³/mol. The fourth-order valence-electron chi connectivity index (χ4n) is 3.18. The molecule has 7 nitrogen and oxygen atoms in total. The number of benzene rings is 2. The highest BCUT2D eigenvalue weighted by Crippen LogP contribution is 2.31. The topological polar surface area (TPSA) is 92.6 Å². The van der Waals surface area contributed by atoms with Crippen LogP contribution in [-0.2, 0) is 9.84 Å². The van der Waals surface area contributed by atoms with E-state index in [1.54, 1.807) is 0 Å². The summed E-state index contributed by atoms with van der Waals surface area (Å²) in [6.07, 6.45) is 3.39. The first-order valence-electron chi connectivity index (χ1n) is 8.84. The number of hydrogen-bond donors (Lipinski definition) is 1. The molecule has 1 fully saturated rings. The number of anilines is 3. The van der Waals surface area contributed by atoms with Gasteiger partial charge in [0.25, 0.3) is 5.69 Å². The SMILES string of the molecule is CC1CCN(c2ccc(Nc3ccc(S(C)(=O)=O)cc3[N+](=O)[O-])cc2)CC1. The number of nitro groups is 1. The minimum atomic E-state index is -3.51. The first kappa shape index (κ1) is 19.2. The summed E-state index contributed by atoms with van der Waals surface area (Å²) in [5.74, 6) is 0.762. The van der Waals surface area contributed by atoms with E-state index in [2.05, 4.69) is 17.1 Å². The molecule has 0 amide bonds. The molecule has 1 aliphatic rings. The summed E-state index contributed by atoms with van der Waals surface area (Å²) in [4.78, 5) is 13.0. The summed E-state index contributed by atoms with van der Waals surface area (Å²) in [6.45, 7) is 4.34. The molecule has 0 atom stereocenters. The van der Waals surface area contributed by atoms with Crippen molar-refractivity contribution in [2.24, 2.45) is 5.92 Å². The Labute approximate surface area is 159 Å². The molecule has 3 rings (SSSR count). The minimum Gasteiger partial charge on any atom is -0.372 e. The lowest BCUT2D eigenvalue weighted by molar-refractivity contribution is -0.384. The zero-order valence-corrected chi connectivity index (χ0v) is 16.2. The second kappa shape index (κ2) is 7.56. The summed E-state index contributed by atoms with van der Waals surface area (Å²) in [7, 11) is -3.51. The monoisotopic (exact) mass is 389 g/mol. The molecule has 0 radical (unpaired) electrons. The molecule has 8 heteroatoms. The molecule has 2 aromatic rings. The van der Waals surface area contributed by atoms with E-state index in [4.69, 9.17) is 0 Å². The fourth-order valence-corrected chi connectivity index (χ4v) is 3.82. The Hall–Kier alpha value is -2.61. The predicted octanol–water partition coefficient (Wildman–Crippen LogP) is 3.98. The van der Waals surface area contributed by atoms with Crippen LogP contribution in [0.1, 0.15) is 19.8 Å². The lowest BCUT2D eigenvalue weighted by Crippen LogP contribution is -2.32. The first-order valence-corrected chi connectivity index (χ1v) is 10.7. The molecule has 0 aliphatic carbocycles. The smallest absolute Gasteiger partial charge is 0.293 e. The average Bonchev–Trinajstić information content (AvgIpc) is 2.62. The lowest BCUT2D eigenvalue weighted by Gasteiger charge is -2.32. The Kier molecular flexibility index (Phi) is 5.36. The van der Waals surface area contributed by atoms with Crippen LogP contribution >= 0.6 is 0 Å². The minimum absolute atomic E-state index is 0.0746. The van der Waals surface area contributed by atoms with E-state index in [9.17, 15) is 18.5 Å². The summed E-state index contributed by atoms with van der Waals surface area (Å²) < 4.78 is 23.3. The molecular formula is C19H23N3O4S. The maximum atomic E-state index is 11.6. The van der Waals surface area contributed by atoms with Crippen molar-refractivity contribution in [3.05, 3.63) is 52.6 Å². The molecule has 2 aromatic carbocycles. The summed E-state index contributed by atoms with van der Waals surface area (Å²) in [5, 5.41) is 14.4. The molecule has 0 saturated carbocycles. The van der Waals surface area contributed by atoms with Gasteiger partial charge in [0, 0.05) is 36.8 Å². The second-order valence-corrected chi connectivity index (χ2v) is 9.07. The highest BCUT2D eigenvalue weighted by molar-refractivity contribution is 7.90. The third-order valence-electron chi connectivity index (χ3n) is 4.89. The van der Waals surface area contributed by atoms with Crippen molar-refractivity contribution in [1.29, 1.82) is 0 Å². The van der Waals surface area contributed by atoms with Gasteiger partial charge in [-0.1, -0.05) is 6.92 Å². The van der Waals surface area contributed by atoms with Crippen molar-refractivity contribution in [3.63, 3.8) is 0 Å². The quantitative estimate of drug-likeness (QED) is 0.614. The molecule has 0 unspecified atom stereocenters. The number of rotatable bonds is 5. The van der Waals surface area contributed by atoms with Crippen LogP contribution in [-0.4, -0.2) is 32.7 Å². The van der Waals surface area contributed by atoms with E-state index in [-0.39, 0.29) is 16.3 Å². The number of piperidine rings is 1. The zero-order chi connectivity index (χ0) is 19.6. The Bertz CT molecular complexity index is 934. The van der Waals surface area contributed by atoms with E-state index < -0.39 is 14.8 Å². The van der Waals surface area contributed by atoms with Gasteiger partial charge in [0.15, 0.2) is 9.84 Å². The van der Waals surface area contributed by atoms with Gasteiger partial charge in [0.2, 0.25) is 0 Å². The largest absolute Gasteiger partial charge is 0.372 e.